The van der Waals surface area contributed by atoms with Crippen molar-refractivity contribution in [2.75, 3.05) is 6.61 Å². The average molecular weight is 1310 g/mol. The molecule has 0 spiro atoms. The first-order valence-corrected chi connectivity index (χ1v) is 28.7. The van der Waals surface area contributed by atoms with Crippen LogP contribution in [0.15, 0.2) is 153 Å². The molecule has 13 heterocycles. The molecule has 0 bridgehead atoms. The van der Waals surface area contributed by atoms with Crippen LogP contribution in [-0.4, -0.2) is 107 Å². The Bertz CT molecular complexity index is 4760. The van der Waals surface area contributed by atoms with E-state index in [0.29, 0.717) is 54.4 Å². The second-order valence-corrected chi connectivity index (χ2v) is 22.3. The molecule has 12 aromatic heterocycles. The maximum atomic E-state index is 14.5. The van der Waals surface area contributed by atoms with Crippen LogP contribution in [0.1, 0.15) is 52.7 Å². The minimum absolute atomic E-state index is 0.146. The molecular weight excluding hydrogens is 1260 g/mol. The van der Waals surface area contributed by atoms with Crippen LogP contribution < -0.4 is 0 Å². The molecule has 1 fully saturated rings. The number of ketones is 1. The number of nitrogens with one attached hydrogen (secondary N) is 1. The van der Waals surface area contributed by atoms with Gasteiger partial charge in [0, 0.05) is 124 Å². The number of carboxylic acids is 1. The maximum Gasteiger partial charge on any atom is 0.487 e. The number of aromatic nitrogens is 12. The Labute approximate surface area is 520 Å². The number of hydrogen-bond donors (Lipinski definition) is 2. The smallest absolute Gasteiger partial charge is 0.478 e. The van der Waals surface area contributed by atoms with Crippen LogP contribution in [0.4, 0.5) is 13.2 Å². The SMILES string of the molecule is CC(=O)/C=C/c1c(F)cnc2c1c1cc(-c3cccnc3)ncc1n2C.CCOC(=O)/C=C/B1OC(C)(C)C(C)(C)O1.Cn1c2cnc(-c3cccnc3)cc2c2c(I)c(F)cnc21.O=C(O)/C=C/c1c(F)cnc2[nH]c3cnc(-c4cccnc4)cc3c12. The molecule has 13 rings (SSSR count). The maximum absolute atomic E-state index is 14.5. The zero-order valence-electron chi connectivity index (χ0n) is 49.2. The lowest BCUT2D eigenvalue weighted by atomic mass is 9.90. The molecule has 1 aliphatic rings. The van der Waals surface area contributed by atoms with E-state index in [0.717, 1.165) is 73.2 Å². The van der Waals surface area contributed by atoms with Crippen molar-refractivity contribution >= 4 is 125 Å². The zero-order chi connectivity index (χ0) is 63.3. The second kappa shape index (κ2) is 26.2. The number of halogens is 4. The van der Waals surface area contributed by atoms with Gasteiger partial charge in [0.05, 0.1) is 92.2 Å². The van der Waals surface area contributed by atoms with Gasteiger partial charge in [-0.1, -0.05) is 0 Å². The molecule has 1 saturated heterocycles. The van der Waals surface area contributed by atoms with E-state index < -0.39 is 24.7 Å². The van der Waals surface area contributed by atoms with Crippen LogP contribution in [0.3, 0.4) is 0 Å². The van der Waals surface area contributed by atoms with Crippen LogP contribution >= 0.6 is 22.6 Å². The Balaban J connectivity index is 0.000000133. The summed E-state index contributed by atoms with van der Waals surface area (Å²) in [6.45, 7) is 11.4. The third-order valence-electron chi connectivity index (χ3n) is 14.9. The predicted molar refractivity (Wildman–Crippen MR) is 344 cm³/mol. The summed E-state index contributed by atoms with van der Waals surface area (Å²) in [4.78, 5) is 74.5. The van der Waals surface area contributed by atoms with E-state index in [2.05, 4.69) is 49.8 Å². The number of carbonyl (C=O) groups is 3. The molecule has 1 aliphatic heterocycles. The number of allylic oxidation sites excluding steroid dienone is 1. The molecule has 0 amide bonds. The van der Waals surface area contributed by atoms with Crippen LogP contribution in [0.5, 0.6) is 0 Å². The first-order chi connectivity index (χ1) is 42.6. The summed E-state index contributed by atoms with van der Waals surface area (Å²) in [6, 6.07) is 16.9. The lowest BCUT2D eigenvalue weighted by Crippen LogP contribution is -2.41. The molecule has 0 radical (unpaired) electrons. The zero-order valence-corrected chi connectivity index (χ0v) is 51.4. The number of aromatic amines is 1. The Morgan fingerprint density at radius 1 is 0.629 bits per heavy atom. The van der Waals surface area contributed by atoms with Crippen molar-refractivity contribution in [1.82, 2.24) is 59.0 Å². The summed E-state index contributed by atoms with van der Waals surface area (Å²) in [6.07, 6.45) is 25.3. The Kier molecular flexibility index (Phi) is 18.3. The van der Waals surface area contributed by atoms with Gasteiger partial charge < -0.3 is 33.3 Å². The highest BCUT2D eigenvalue weighted by Gasteiger charge is 2.50. The lowest BCUT2D eigenvalue weighted by Gasteiger charge is -2.32. The number of aliphatic carboxylic acids is 1. The highest BCUT2D eigenvalue weighted by Crippen LogP contribution is 2.38. The summed E-state index contributed by atoms with van der Waals surface area (Å²) < 4.78 is 63.1. The van der Waals surface area contributed by atoms with Gasteiger partial charge in [0.2, 0.25) is 0 Å². The number of rotatable bonds is 10. The Morgan fingerprint density at radius 3 is 1.61 bits per heavy atom. The number of fused-ring (bicyclic) bond motifs is 9. The highest BCUT2D eigenvalue weighted by molar-refractivity contribution is 14.1. The van der Waals surface area contributed by atoms with Gasteiger partial charge in [-0.3, -0.25) is 34.7 Å². The van der Waals surface area contributed by atoms with E-state index in [1.807, 2.05) is 122 Å². The van der Waals surface area contributed by atoms with Gasteiger partial charge in [0.1, 0.15) is 28.6 Å². The second-order valence-electron chi connectivity index (χ2n) is 21.2. The number of H-pyrrole nitrogens is 1. The van der Waals surface area contributed by atoms with Crippen molar-refractivity contribution in [3.63, 3.8) is 0 Å². The number of carbonyl (C=O) groups excluding carboxylic acids is 2. The first-order valence-electron chi connectivity index (χ1n) is 27.6. The molecule has 89 heavy (non-hydrogen) atoms. The molecule has 24 heteroatoms. The fourth-order valence-corrected chi connectivity index (χ4v) is 10.5. The molecule has 12 aromatic rings. The molecule has 0 saturated carbocycles. The molecular formula is C65H55BF3IN12O7. The normalized spacial score (nSPS) is 13.6. The number of pyridine rings is 9. The van der Waals surface area contributed by atoms with Crippen molar-refractivity contribution < 1.29 is 46.7 Å². The molecule has 448 valence electrons. The van der Waals surface area contributed by atoms with E-state index in [1.54, 1.807) is 74.7 Å². The number of esters is 1. The fourth-order valence-electron chi connectivity index (χ4n) is 9.79. The van der Waals surface area contributed by atoms with Gasteiger partial charge in [0.25, 0.3) is 0 Å². The van der Waals surface area contributed by atoms with Crippen LogP contribution in [0.2, 0.25) is 0 Å². The standard InChI is InChI=1S/C20H15FN4O.C18H11FN4O2.C16H10FIN4.C11H19BO4/c1-12(26)5-6-14-16(21)10-24-20-19(14)15-8-17(13-4-3-7-22-9-13)23-11-18(15)25(20)2;19-13-8-22-18-17(11(13)3-4-16(24)25)12-6-14(21-9-15(12)23-18)10-2-1-5-20-7-10;1-22-13-8-20-12(9-3-2-4-19-6-9)5-10(13)14-15(18)11(17)7-21-16(14)22;1-6-14-9(13)7-8-12-15-10(2,3)11(4,5)16-12/h3-11H,1-2H3;1-9H,(H,22,23)(H,24,25);2-8H,1H3;7-8H,6H2,1-5H3/b6-5+;4-3+;;8-7+. The molecule has 0 aliphatic carbocycles. The number of hydrogen-bond acceptors (Lipinski definition) is 15. The third-order valence-corrected chi connectivity index (χ3v) is 15.9. The van der Waals surface area contributed by atoms with Gasteiger partial charge in [-0.05, 0) is 143 Å². The molecule has 0 atom stereocenters. The lowest BCUT2D eigenvalue weighted by molar-refractivity contribution is -0.137. The summed E-state index contributed by atoms with van der Waals surface area (Å²) in [5, 5.41) is 13.3. The van der Waals surface area contributed by atoms with Crippen molar-refractivity contribution in [2.24, 2.45) is 14.1 Å². The van der Waals surface area contributed by atoms with Gasteiger partial charge in [-0.25, -0.2) is 37.7 Å². The van der Waals surface area contributed by atoms with Crippen molar-refractivity contribution in [1.29, 1.82) is 0 Å². The Hall–Kier alpha value is -9.92. The van der Waals surface area contributed by atoms with Crippen molar-refractivity contribution in [3.05, 3.63) is 185 Å². The van der Waals surface area contributed by atoms with Gasteiger partial charge >= 0.3 is 19.1 Å². The fraction of sp³-hybridized carbons (Fsp3) is 0.169. The quantitative estimate of drug-likeness (QED) is 0.0560. The van der Waals surface area contributed by atoms with Crippen molar-refractivity contribution in [2.45, 2.75) is 52.7 Å². The number of carboxylic acid groups (broad SMARTS) is 1. The van der Waals surface area contributed by atoms with E-state index in [4.69, 9.17) is 19.2 Å². The number of aryl methyl sites for hydroxylation is 2. The van der Waals surface area contributed by atoms with Crippen LogP contribution in [0.25, 0.3) is 112 Å². The van der Waals surface area contributed by atoms with E-state index in [9.17, 15) is 27.6 Å². The summed E-state index contributed by atoms with van der Waals surface area (Å²) in [5.74, 6) is -1.46. The minimum Gasteiger partial charge on any atom is -0.478 e. The third kappa shape index (κ3) is 13.2. The van der Waals surface area contributed by atoms with Crippen LogP contribution in [-0.2, 0) is 42.5 Å². The van der Waals surface area contributed by atoms with E-state index in [1.165, 1.54) is 43.6 Å². The van der Waals surface area contributed by atoms with E-state index in [-0.39, 0.29) is 34.3 Å². The summed E-state index contributed by atoms with van der Waals surface area (Å²) in [7, 11) is 3.28. The summed E-state index contributed by atoms with van der Waals surface area (Å²) in [5.41, 5.74) is 8.92. The van der Waals surface area contributed by atoms with Gasteiger partial charge in [-0.15, -0.1) is 0 Å². The molecule has 2 N–H and O–H groups in total. The first kappa shape index (κ1) is 62.1. The molecule has 0 unspecified atom stereocenters. The van der Waals surface area contributed by atoms with Crippen molar-refractivity contribution in [3.8, 4) is 33.8 Å². The predicted octanol–water partition coefficient (Wildman–Crippen LogP) is 13.0. The van der Waals surface area contributed by atoms with Gasteiger partial charge in [0.15, 0.2) is 11.6 Å². The minimum atomic E-state index is -1.15. The monoisotopic (exact) mass is 1310 g/mol. The van der Waals surface area contributed by atoms with Crippen LogP contribution in [0, 0.1) is 21.0 Å². The summed E-state index contributed by atoms with van der Waals surface area (Å²) >= 11 is 2.03. The highest BCUT2D eigenvalue weighted by atomic mass is 127. The largest absolute Gasteiger partial charge is 0.487 e. The molecule has 19 nitrogen and oxygen atoms in total. The number of ether oxygens (including phenoxy) is 1. The topological polar surface area (TPSA) is 241 Å². The average Bonchev–Trinajstić information content (AvgIpc) is 1.67. The Morgan fingerprint density at radius 2 is 1.10 bits per heavy atom. The molecule has 0 aromatic carbocycles. The van der Waals surface area contributed by atoms with Gasteiger partial charge in [-0.2, -0.15) is 0 Å². The van der Waals surface area contributed by atoms with E-state index >= 15 is 0 Å². The number of nitrogens with zero attached hydrogens (tertiary/aromatic N) is 11.